The van der Waals surface area contributed by atoms with E-state index in [4.69, 9.17) is 11.6 Å². The number of carbonyl (C=O) groups is 1. The van der Waals surface area contributed by atoms with Crippen molar-refractivity contribution in [3.05, 3.63) is 53.3 Å². The van der Waals surface area contributed by atoms with Crippen LogP contribution in [0.1, 0.15) is 18.5 Å². The van der Waals surface area contributed by atoms with Crippen molar-refractivity contribution < 1.29 is 4.79 Å². The second-order valence-electron chi connectivity index (χ2n) is 5.92. The van der Waals surface area contributed by atoms with Gasteiger partial charge in [-0.1, -0.05) is 11.6 Å². The summed E-state index contributed by atoms with van der Waals surface area (Å²) in [7, 11) is 0. The second-order valence-corrected chi connectivity index (χ2v) is 6.36. The highest BCUT2D eigenvalue weighted by Gasteiger charge is 2.12. The first-order valence-electron chi connectivity index (χ1n) is 8.13. The highest BCUT2D eigenvalue weighted by Crippen LogP contribution is 2.16. The molecule has 1 fully saturated rings. The summed E-state index contributed by atoms with van der Waals surface area (Å²) in [6.07, 6.45) is 4.91. The van der Waals surface area contributed by atoms with Crippen LogP contribution in [0.25, 0.3) is 5.69 Å². The number of aromatic nitrogens is 1. The van der Waals surface area contributed by atoms with E-state index in [-0.39, 0.29) is 5.91 Å². The molecule has 0 saturated carbocycles. The number of benzene rings is 1. The molecule has 1 saturated heterocycles. The van der Waals surface area contributed by atoms with Gasteiger partial charge in [-0.05, 0) is 62.3 Å². The molecule has 0 aliphatic carbocycles. The van der Waals surface area contributed by atoms with Gasteiger partial charge in [0.1, 0.15) is 0 Å². The van der Waals surface area contributed by atoms with Gasteiger partial charge in [0, 0.05) is 35.7 Å². The lowest BCUT2D eigenvalue weighted by atomic mass is 10.2. The lowest BCUT2D eigenvalue weighted by Gasteiger charge is -2.15. The van der Waals surface area contributed by atoms with Crippen LogP contribution in [0.2, 0.25) is 5.02 Å². The summed E-state index contributed by atoms with van der Waals surface area (Å²) >= 11 is 5.93. The van der Waals surface area contributed by atoms with E-state index < -0.39 is 0 Å². The quantitative estimate of drug-likeness (QED) is 0.883. The largest absolute Gasteiger partial charge is 0.354 e. The highest BCUT2D eigenvalue weighted by molar-refractivity contribution is 6.30. The van der Waals surface area contributed by atoms with Crippen molar-refractivity contribution in [2.45, 2.75) is 19.3 Å². The summed E-state index contributed by atoms with van der Waals surface area (Å²) < 4.78 is 2.02. The maximum Gasteiger partial charge on any atom is 0.225 e. The van der Waals surface area contributed by atoms with Crippen molar-refractivity contribution in [3.8, 4) is 5.69 Å². The van der Waals surface area contributed by atoms with Crippen molar-refractivity contribution in [2.24, 2.45) is 0 Å². The molecule has 122 valence electrons. The SMILES string of the molecule is O=C(Cc1cccn1-c1ccc(Cl)cc1)NCCN1CCCC1. The van der Waals surface area contributed by atoms with Gasteiger partial charge in [0.05, 0.1) is 6.42 Å². The van der Waals surface area contributed by atoms with Crippen molar-refractivity contribution in [2.75, 3.05) is 26.2 Å². The summed E-state index contributed by atoms with van der Waals surface area (Å²) in [4.78, 5) is 14.6. The molecule has 1 aliphatic heterocycles. The number of carbonyl (C=O) groups excluding carboxylic acids is 1. The lowest BCUT2D eigenvalue weighted by Crippen LogP contribution is -2.34. The lowest BCUT2D eigenvalue weighted by molar-refractivity contribution is -0.120. The zero-order chi connectivity index (χ0) is 16.1. The molecule has 2 aromatic rings. The number of likely N-dealkylation sites (tertiary alicyclic amines) is 1. The first-order valence-corrected chi connectivity index (χ1v) is 8.51. The molecule has 0 atom stereocenters. The van der Waals surface area contributed by atoms with Gasteiger partial charge in [0.15, 0.2) is 0 Å². The minimum Gasteiger partial charge on any atom is -0.354 e. The number of hydrogen-bond donors (Lipinski definition) is 1. The van der Waals surface area contributed by atoms with Gasteiger partial charge in [0.2, 0.25) is 5.91 Å². The van der Waals surface area contributed by atoms with E-state index in [1.54, 1.807) is 0 Å². The maximum absolute atomic E-state index is 12.2. The molecule has 1 aromatic heterocycles. The monoisotopic (exact) mass is 331 g/mol. The van der Waals surface area contributed by atoms with Crippen molar-refractivity contribution >= 4 is 17.5 Å². The third-order valence-corrected chi connectivity index (χ3v) is 4.48. The molecule has 0 bridgehead atoms. The smallest absolute Gasteiger partial charge is 0.225 e. The van der Waals surface area contributed by atoms with E-state index in [1.165, 1.54) is 12.8 Å². The number of halogens is 1. The average Bonchev–Trinajstić information content (AvgIpc) is 3.20. The molecule has 5 heteroatoms. The van der Waals surface area contributed by atoms with Crippen LogP contribution in [0.5, 0.6) is 0 Å². The van der Waals surface area contributed by atoms with Gasteiger partial charge in [-0.25, -0.2) is 0 Å². The number of rotatable bonds is 6. The Labute approximate surface area is 142 Å². The molecular weight excluding hydrogens is 310 g/mol. The first-order chi connectivity index (χ1) is 11.2. The van der Waals surface area contributed by atoms with Crippen LogP contribution in [0.3, 0.4) is 0 Å². The van der Waals surface area contributed by atoms with Gasteiger partial charge in [-0.2, -0.15) is 0 Å². The molecule has 4 nitrogen and oxygen atoms in total. The Kier molecular flexibility index (Phi) is 5.36. The van der Waals surface area contributed by atoms with Gasteiger partial charge >= 0.3 is 0 Å². The number of hydrogen-bond acceptors (Lipinski definition) is 2. The highest BCUT2D eigenvalue weighted by atomic mass is 35.5. The third kappa shape index (κ3) is 4.36. The average molecular weight is 332 g/mol. The molecular formula is C18H22ClN3O. The van der Waals surface area contributed by atoms with E-state index in [1.807, 2.05) is 47.2 Å². The van der Waals surface area contributed by atoms with Crippen LogP contribution in [-0.4, -0.2) is 41.6 Å². The maximum atomic E-state index is 12.2. The Bertz CT molecular complexity index is 645. The van der Waals surface area contributed by atoms with Crippen LogP contribution >= 0.6 is 11.6 Å². The molecule has 1 N–H and O–H groups in total. The fourth-order valence-corrected chi connectivity index (χ4v) is 3.13. The Morgan fingerprint density at radius 2 is 1.87 bits per heavy atom. The Balaban J connectivity index is 1.54. The minimum atomic E-state index is 0.0677. The van der Waals surface area contributed by atoms with Gasteiger partial charge in [-0.3, -0.25) is 4.79 Å². The van der Waals surface area contributed by atoms with Crippen molar-refractivity contribution in [1.82, 2.24) is 14.8 Å². The predicted molar refractivity (Wildman–Crippen MR) is 93.2 cm³/mol. The molecule has 23 heavy (non-hydrogen) atoms. The van der Waals surface area contributed by atoms with Gasteiger partial charge in [-0.15, -0.1) is 0 Å². The topological polar surface area (TPSA) is 37.3 Å². The van der Waals surface area contributed by atoms with E-state index in [9.17, 15) is 4.79 Å². The summed E-state index contributed by atoms with van der Waals surface area (Å²) in [6.45, 7) is 4.00. The number of amides is 1. The molecule has 0 spiro atoms. The third-order valence-electron chi connectivity index (χ3n) is 4.23. The minimum absolute atomic E-state index is 0.0677. The molecule has 0 unspecified atom stereocenters. The Hall–Kier alpha value is -1.78. The Morgan fingerprint density at radius 3 is 2.61 bits per heavy atom. The van der Waals surface area contributed by atoms with E-state index >= 15 is 0 Å². The second kappa shape index (κ2) is 7.66. The number of nitrogens with zero attached hydrogens (tertiary/aromatic N) is 2. The van der Waals surface area contributed by atoms with E-state index in [0.717, 1.165) is 37.6 Å². The van der Waals surface area contributed by atoms with Crippen LogP contribution in [-0.2, 0) is 11.2 Å². The zero-order valence-corrected chi connectivity index (χ0v) is 13.9. The fraction of sp³-hybridized carbons (Fsp3) is 0.389. The fourth-order valence-electron chi connectivity index (χ4n) is 3.00. The normalized spacial score (nSPS) is 15.0. The van der Waals surface area contributed by atoms with E-state index in [2.05, 4.69) is 10.2 Å². The van der Waals surface area contributed by atoms with Gasteiger partial charge < -0.3 is 14.8 Å². The predicted octanol–water partition coefficient (Wildman–Crippen LogP) is 2.89. The summed E-state index contributed by atoms with van der Waals surface area (Å²) in [6, 6.07) is 11.6. The van der Waals surface area contributed by atoms with E-state index in [0.29, 0.717) is 11.4 Å². The molecule has 1 aromatic carbocycles. The van der Waals surface area contributed by atoms with Crippen LogP contribution in [0.15, 0.2) is 42.6 Å². The van der Waals surface area contributed by atoms with Crippen LogP contribution < -0.4 is 5.32 Å². The van der Waals surface area contributed by atoms with Gasteiger partial charge in [0.25, 0.3) is 0 Å². The van der Waals surface area contributed by atoms with Crippen LogP contribution in [0.4, 0.5) is 0 Å². The molecule has 1 aliphatic rings. The standard InChI is InChI=1S/C18H22ClN3O/c19-15-5-7-16(8-6-15)22-12-3-4-17(22)14-18(23)20-9-13-21-10-1-2-11-21/h3-8,12H,1-2,9-11,13-14H2,(H,20,23). The van der Waals surface area contributed by atoms with Crippen molar-refractivity contribution in [1.29, 1.82) is 0 Å². The summed E-state index contributed by atoms with van der Waals surface area (Å²) in [5, 5.41) is 3.73. The number of nitrogens with one attached hydrogen (secondary N) is 1. The molecule has 2 heterocycles. The molecule has 0 radical (unpaired) electrons. The Morgan fingerprint density at radius 1 is 1.13 bits per heavy atom. The first kappa shape index (κ1) is 16.1. The zero-order valence-electron chi connectivity index (χ0n) is 13.2. The summed E-state index contributed by atoms with van der Waals surface area (Å²) in [5.74, 6) is 0.0677. The molecule has 3 rings (SSSR count). The van der Waals surface area contributed by atoms with Crippen LogP contribution in [0, 0.1) is 0 Å². The molecule has 1 amide bonds. The van der Waals surface area contributed by atoms with Crippen molar-refractivity contribution in [3.63, 3.8) is 0 Å². The summed E-state index contributed by atoms with van der Waals surface area (Å²) in [5.41, 5.74) is 1.99.